The van der Waals surface area contributed by atoms with Gasteiger partial charge in [0, 0.05) is 5.56 Å². The second-order valence-corrected chi connectivity index (χ2v) is 5.26. The predicted octanol–water partition coefficient (Wildman–Crippen LogP) is 4.19. The van der Waals surface area contributed by atoms with Crippen LogP contribution < -0.4 is 4.74 Å². The summed E-state index contributed by atoms with van der Waals surface area (Å²) >= 11 is 3.47. The summed E-state index contributed by atoms with van der Waals surface area (Å²) in [5.74, 6) is 0.137. The number of carboxylic acid groups (broad SMARTS) is 1. The van der Waals surface area contributed by atoms with Crippen LogP contribution in [0.25, 0.3) is 0 Å². The van der Waals surface area contributed by atoms with Crippen molar-refractivity contribution in [1.29, 1.82) is 0 Å². The zero-order valence-corrected chi connectivity index (χ0v) is 12.9. The maximum atomic E-state index is 10.8. The van der Waals surface area contributed by atoms with E-state index in [-0.39, 0.29) is 12.4 Å². The molecule has 1 aromatic heterocycles. The minimum absolute atomic E-state index is 0.0681. The van der Waals surface area contributed by atoms with E-state index < -0.39 is 5.97 Å². The summed E-state index contributed by atoms with van der Waals surface area (Å²) < 4.78 is 11.7. The number of rotatable bonds is 5. The first kappa shape index (κ1) is 14.7. The first-order valence-corrected chi connectivity index (χ1v) is 7.04. The van der Waals surface area contributed by atoms with Crippen molar-refractivity contribution in [3.05, 3.63) is 51.4 Å². The van der Waals surface area contributed by atoms with Gasteiger partial charge in [-0.05, 0) is 53.0 Å². The highest BCUT2D eigenvalue weighted by molar-refractivity contribution is 9.10. The minimum atomic E-state index is -1.08. The summed E-state index contributed by atoms with van der Waals surface area (Å²) in [5.41, 5.74) is 1.95. The van der Waals surface area contributed by atoms with Crippen molar-refractivity contribution in [2.75, 3.05) is 0 Å². The van der Waals surface area contributed by atoms with E-state index >= 15 is 0 Å². The molecule has 0 saturated heterocycles. The number of hydrogen-bond acceptors (Lipinski definition) is 3. The van der Waals surface area contributed by atoms with E-state index in [1.165, 1.54) is 11.6 Å². The van der Waals surface area contributed by atoms with Crippen molar-refractivity contribution in [3.8, 4) is 5.75 Å². The van der Waals surface area contributed by atoms with Gasteiger partial charge in [0.2, 0.25) is 5.76 Å². The van der Waals surface area contributed by atoms with Crippen molar-refractivity contribution in [2.45, 2.75) is 26.9 Å². The lowest BCUT2D eigenvalue weighted by Gasteiger charge is -2.08. The van der Waals surface area contributed by atoms with Gasteiger partial charge in [0.25, 0.3) is 0 Å². The number of ether oxygens (including phenoxy) is 1. The first-order chi connectivity index (χ1) is 9.51. The number of hydrogen-bond donors (Lipinski definition) is 1. The van der Waals surface area contributed by atoms with Crippen LogP contribution in [0, 0.1) is 6.92 Å². The molecule has 0 aliphatic rings. The Morgan fingerprint density at radius 3 is 2.70 bits per heavy atom. The Bertz CT molecular complexity index is 631. The second-order valence-electron chi connectivity index (χ2n) is 4.40. The normalized spacial score (nSPS) is 10.6. The Labute approximate surface area is 125 Å². The van der Waals surface area contributed by atoms with Crippen LogP contribution in [-0.2, 0) is 13.0 Å². The third-order valence-electron chi connectivity index (χ3n) is 3.02. The Morgan fingerprint density at radius 1 is 1.40 bits per heavy atom. The second kappa shape index (κ2) is 6.13. The molecule has 0 saturated carbocycles. The quantitative estimate of drug-likeness (QED) is 0.887. The largest absolute Gasteiger partial charge is 0.488 e. The molecular weight excluding hydrogens is 324 g/mol. The standard InChI is InChI=1S/C15H15BrO4/c1-3-10-4-5-13(12(16)6-10)19-8-11-7-14(15(17)18)20-9(11)2/h4-7H,3,8H2,1-2H3,(H,17,18). The molecule has 1 aromatic carbocycles. The summed E-state index contributed by atoms with van der Waals surface area (Å²) in [7, 11) is 0. The van der Waals surface area contributed by atoms with E-state index in [1.54, 1.807) is 6.92 Å². The summed E-state index contributed by atoms with van der Waals surface area (Å²) in [6, 6.07) is 7.41. The summed E-state index contributed by atoms with van der Waals surface area (Å²) in [4.78, 5) is 10.8. The molecular formula is C15H15BrO4. The van der Waals surface area contributed by atoms with Gasteiger partial charge in [-0.2, -0.15) is 0 Å². The summed E-state index contributed by atoms with van der Waals surface area (Å²) in [6.45, 7) is 4.08. The Kier molecular flexibility index (Phi) is 4.49. The van der Waals surface area contributed by atoms with Crippen LogP contribution in [0.4, 0.5) is 0 Å². The molecule has 0 atom stereocenters. The van der Waals surface area contributed by atoms with Gasteiger partial charge in [0.05, 0.1) is 4.47 Å². The summed E-state index contributed by atoms with van der Waals surface area (Å²) in [6.07, 6.45) is 0.960. The van der Waals surface area contributed by atoms with Gasteiger partial charge < -0.3 is 14.3 Å². The predicted molar refractivity (Wildman–Crippen MR) is 78.3 cm³/mol. The maximum Gasteiger partial charge on any atom is 0.371 e. The zero-order valence-electron chi connectivity index (χ0n) is 11.3. The molecule has 0 unspecified atom stereocenters. The number of halogens is 1. The Balaban J connectivity index is 2.10. The molecule has 106 valence electrons. The summed E-state index contributed by atoms with van der Waals surface area (Å²) in [5, 5.41) is 8.87. The third-order valence-corrected chi connectivity index (χ3v) is 3.64. The highest BCUT2D eigenvalue weighted by Crippen LogP contribution is 2.27. The van der Waals surface area contributed by atoms with Crippen LogP contribution in [0.2, 0.25) is 0 Å². The lowest BCUT2D eigenvalue weighted by molar-refractivity contribution is 0.0661. The molecule has 0 radical (unpaired) electrons. The smallest absolute Gasteiger partial charge is 0.371 e. The molecule has 0 bridgehead atoms. The molecule has 4 nitrogen and oxygen atoms in total. The van der Waals surface area contributed by atoms with Crippen molar-refractivity contribution >= 4 is 21.9 Å². The molecule has 0 spiro atoms. The third kappa shape index (κ3) is 3.22. The minimum Gasteiger partial charge on any atom is -0.488 e. The molecule has 1 heterocycles. The van der Waals surface area contributed by atoms with E-state index in [0.29, 0.717) is 5.76 Å². The lowest BCUT2D eigenvalue weighted by atomic mass is 10.2. The molecule has 2 rings (SSSR count). The first-order valence-electron chi connectivity index (χ1n) is 6.25. The number of furan rings is 1. The number of carboxylic acids is 1. The van der Waals surface area contributed by atoms with Crippen LogP contribution in [0.15, 0.2) is 33.2 Å². The average Bonchev–Trinajstić information content (AvgIpc) is 2.79. The number of carbonyl (C=O) groups is 1. The zero-order chi connectivity index (χ0) is 14.7. The van der Waals surface area contributed by atoms with Crippen LogP contribution >= 0.6 is 15.9 Å². The van der Waals surface area contributed by atoms with Gasteiger partial charge >= 0.3 is 5.97 Å². The van der Waals surface area contributed by atoms with Crippen molar-refractivity contribution in [3.63, 3.8) is 0 Å². The van der Waals surface area contributed by atoms with Crippen molar-refractivity contribution in [2.24, 2.45) is 0 Å². The molecule has 1 N–H and O–H groups in total. The van der Waals surface area contributed by atoms with Gasteiger partial charge in [0.1, 0.15) is 18.1 Å². The topological polar surface area (TPSA) is 59.7 Å². The van der Waals surface area contributed by atoms with Crippen molar-refractivity contribution < 1.29 is 19.1 Å². The molecule has 2 aromatic rings. The Hall–Kier alpha value is -1.75. The van der Waals surface area contributed by atoms with Gasteiger partial charge in [-0.1, -0.05) is 13.0 Å². The van der Waals surface area contributed by atoms with E-state index in [1.807, 2.05) is 18.2 Å². The maximum absolute atomic E-state index is 10.8. The van der Waals surface area contributed by atoms with Gasteiger partial charge in [-0.15, -0.1) is 0 Å². The molecule has 20 heavy (non-hydrogen) atoms. The van der Waals surface area contributed by atoms with Crippen LogP contribution in [0.3, 0.4) is 0 Å². The number of aromatic carboxylic acids is 1. The van der Waals surface area contributed by atoms with Gasteiger partial charge in [-0.25, -0.2) is 4.79 Å². The SMILES string of the molecule is CCc1ccc(OCc2cc(C(=O)O)oc2C)c(Br)c1. The Morgan fingerprint density at radius 2 is 2.15 bits per heavy atom. The van der Waals surface area contributed by atoms with Gasteiger partial charge in [0.15, 0.2) is 0 Å². The molecule has 0 fully saturated rings. The fraction of sp³-hybridized carbons (Fsp3) is 0.267. The van der Waals surface area contributed by atoms with Crippen molar-refractivity contribution in [1.82, 2.24) is 0 Å². The highest BCUT2D eigenvalue weighted by atomic mass is 79.9. The van der Waals surface area contributed by atoms with E-state index in [2.05, 4.69) is 22.9 Å². The molecule has 0 aliphatic heterocycles. The average molecular weight is 339 g/mol. The molecule has 0 aliphatic carbocycles. The molecule has 5 heteroatoms. The van der Waals surface area contributed by atoms with E-state index in [0.717, 1.165) is 22.2 Å². The number of aryl methyl sites for hydroxylation is 2. The fourth-order valence-electron chi connectivity index (χ4n) is 1.81. The van der Waals surface area contributed by atoms with Crippen LogP contribution in [0.1, 0.15) is 34.4 Å². The van der Waals surface area contributed by atoms with Crippen LogP contribution in [0.5, 0.6) is 5.75 Å². The fourth-order valence-corrected chi connectivity index (χ4v) is 2.35. The number of benzene rings is 1. The van der Waals surface area contributed by atoms with E-state index in [4.69, 9.17) is 14.3 Å². The monoisotopic (exact) mass is 338 g/mol. The van der Waals surface area contributed by atoms with Crippen LogP contribution in [-0.4, -0.2) is 11.1 Å². The van der Waals surface area contributed by atoms with E-state index in [9.17, 15) is 4.79 Å². The molecule has 0 amide bonds. The van der Waals surface area contributed by atoms with Gasteiger partial charge in [-0.3, -0.25) is 0 Å². The lowest BCUT2D eigenvalue weighted by Crippen LogP contribution is -1.97. The highest BCUT2D eigenvalue weighted by Gasteiger charge is 2.13.